The zero-order valence-electron chi connectivity index (χ0n) is 18.0. The lowest BCUT2D eigenvalue weighted by Gasteiger charge is -2.31. The van der Waals surface area contributed by atoms with Crippen LogP contribution in [0.2, 0.25) is 0 Å². The monoisotopic (exact) mass is 429 g/mol. The van der Waals surface area contributed by atoms with E-state index in [9.17, 15) is 4.39 Å². The van der Waals surface area contributed by atoms with Crippen LogP contribution in [0.1, 0.15) is 50.6 Å². The number of nitrogens with zero attached hydrogens (tertiary/aromatic N) is 5. The molecular weight excluding hydrogens is 400 g/mol. The molecule has 0 bridgehead atoms. The molecule has 0 N–H and O–H groups in total. The van der Waals surface area contributed by atoms with Gasteiger partial charge in [-0.3, -0.25) is 9.88 Å². The molecule has 6 nitrogen and oxygen atoms in total. The number of aromatic nitrogens is 3. The van der Waals surface area contributed by atoms with Gasteiger partial charge in [-0.1, -0.05) is 6.42 Å². The van der Waals surface area contributed by atoms with Crippen LogP contribution in [0, 0.1) is 18.7 Å². The molecular formula is C23H29F2N5O. The lowest BCUT2D eigenvalue weighted by atomic mass is 9.95. The molecule has 6 rings (SSSR count). The predicted molar refractivity (Wildman–Crippen MR) is 114 cm³/mol. The van der Waals surface area contributed by atoms with E-state index in [0.29, 0.717) is 42.6 Å². The highest BCUT2D eigenvalue weighted by Crippen LogP contribution is 2.45. The summed E-state index contributed by atoms with van der Waals surface area (Å²) in [4.78, 5) is 18.0. The smallest absolute Gasteiger partial charge is 0.319 e. The van der Waals surface area contributed by atoms with Crippen LogP contribution in [0.25, 0.3) is 10.9 Å². The summed E-state index contributed by atoms with van der Waals surface area (Å²) in [5.74, 6) is 1.01. The fourth-order valence-electron chi connectivity index (χ4n) is 6.09. The molecule has 4 aliphatic rings. The minimum absolute atomic E-state index is 0.192. The first-order valence-corrected chi connectivity index (χ1v) is 11.7. The van der Waals surface area contributed by atoms with Crippen LogP contribution in [-0.4, -0.2) is 63.8 Å². The van der Waals surface area contributed by atoms with E-state index >= 15 is 4.39 Å². The molecule has 5 heterocycles. The maximum absolute atomic E-state index is 15.0. The van der Waals surface area contributed by atoms with Gasteiger partial charge in [0.15, 0.2) is 5.82 Å². The molecule has 3 aliphatic heterocycles. The van der Waals surface area contributed by atoms with Crippen molar-refractivity contribution in [2.45, 2.75) is 69.6 Å². The second kappa shape index (κ2) is 7.22. The SMILES string of the molecule is Cc1ncc2c(N3CCCCC4CC43)nc(OC[C@@]34CCCN3C[C@H](F)C4)nc2c1F. The van der Waals surface area contributed by atoms with E-state index in [0.717, 1.165) is 38.2 Å². The van der Waals surface area contributed by atoms with Gasteiger partial charge >= 0.3 is 6.01 Å². The Bertz CT molecular complexity index is 1020. The molecule has 0 radical (unpaired) electrons. The molecule has 8 heteroatoms. The molecule has 1 aliphatic carbocycles. The second-order valence-electron chi connectivity index (χ2n) is 9.87. The Labute approximate surface area is 181 Å². The molecule has 2 aromatic heterocycles. The van der Waals surface area contributed by atoms with Crippen molar-refractivity contribution in [3.8, 4) is 6.01 Å². The van der Waals surface area contributed by atoms with Gasteiger partial charge in [-0.25, -0.2) is 8.78 Å². The lowest BCUT2D eigenvalue weighted by molar-refractivity contribution is 0.107. The summed E-state index contributed by atoms with van der Waals surface area (Å²) < 4.78 is 35.3. The standard InChI is InChI=1S/C23H29F2N5O/c1-14-19(25)20-17(11-26-14)21(30-8-3-2-5-15-9-18(15)30)28-22(27-20)31-13-23-6-4-7-29(23)12-16(24)10-23/h11,15-16,18H,2-10,12-13H2,1H3/t15?,16-,18?,23+/m1/s1. The number of halogens is 2. The van der Waals surface area contributed by atoms with Crippen molar-refractivity contribution in [3.63, 3.8) is 0 Å². The van der Waals surface area contributed by atoms with E-state index in [1.165, 1.54) is 19.3 Å². The van der Waals surface area contributed by atoms with Gasteiger partial charge < -0.3 is 9.64 Å². The summed E-state index contributed by atoms with van der Waals surface area (Å²) >= 11 is 0. The fraction of sp³-hybridized carbons (Fsp3) is 0.696. The Morgan fingerprint density at radius 2 is 2.13 bits per heavy atom. The van der Waals surface area contributed by atoms with E-state index < -0.39 is 12.0 Å². The van der Waals surface area contributed by atoms with E-state index in [-0.39, 0.29) is 17.1 Å². The van der Waals surface area contributed by atoms with Crippen LogP contribution < -0.4 is 9.64 Å². The van der Waals surface area contributed by atoms with Crippen LogP contribution in [0.3, 0.4) is 0 Å². The topological polar surface area (TPSA) is 54.4 Å². The highest BCUT2D eigenvalue weighted by atomic mass is 19.1. The van der Waals surface area contributed by atoms with Crippen molar-refractivity contribution >= 4 is 16.7 Å². The maximum atomic E-state index is 15.0. The van der Waals surface area contributed by atoms with Crippen molar-refractivity contribution in [2.75, 3.05) is 31.1 Å². The molecule has 2 aromatic rings. The summed E-state index contributed by atoms with van der Waals surface area (Å²) in [6, 6.07) is 0.654. The highest BCUT2D eigenvalue weighted by molar-refractivity contribution is 5.90. The van der Waals surface area contributed by atoms with Gasteiger partial charge in [0, 0.05) is 31.7 Å². The third-order valence-corrected chi connectivity index (χ3v) is 7.83. The maximum Gasteiger partial charge on any atom is 0.319 e. The summed E-state index contributed by atoms with van der Waals surface area (Å²) in [5.41, 5.74) is 0.304. The first-order chi connectivity index (χ1) is 15.0. The molecule has 0 aromatic carbocycles. The molecule has 4 atom stereocenters. The van der Waals surface area contributed by atoms with Crippen LogP contribution in [0.4, 0.5) is 14.6 Å². The minimum Gasteiger partial charge on any atom is -0.461 e. The highest BCUT2D eigenvalue weighted by Gasteiger charge is 2.49. The molecule has 4 fully saturated rings. The fourth-order valence-corrected chi connectivity index (χ4v) is 6.09. The Kier molecular flexibility index (Phi) is 4.56. The molecule has 166 valence electrons. The van der Waals surface area contributed by atoms with E-state index in [4.69, 9.17) is 9.72 Å². The number of hydrogen-bond donors (Lipinski definition) is 0. The van der Waals surface area contributed by atoms with E-state index in [2.05, 4.69) is 19.8 Å². The van der Waals surface area contributed by atoms with Crippen molar-refractivity contribution in [1.82, 2.24) is 19.9 Å². The van der Waals surface area contributed by atoms with Gasteiger partial charge in [-0.05, 0) is 51.5 Å². The van der Waals surface area contributed by atoms with Crippen molar-refractivity contribution in [2.24, 2.45) is 5.92 Å². The Balaban J connectivity index is 1.37. The Hall–Kier alpha value is -2.09. The molecule has 0 spiro atoms. The van der Waals surface area contributed by atoms with Crippen LogP contribution in [0.15, 0.2) is 6.20 Å². The number of anilines is 1. The lowest BCUT2D eigenvalue weighted by Crippen LogP contribution is -2.43. The zero-order valence-corrected chi connectivity index (χ0v) is 18.0. The van der Waals surface area contributed by atoms with Gasteiger partial charge in [0.1, 0.15) is 24.1 Å². The minimum atomic E-state index is -0.813. The number of hydrogen-bond acceptors (Lipinski definition) is 6. The molecule has 2 unspecified atom stereocenters. The Morgan fingerprint density at radius 1 is 1.23 bits per heavy atom. The van der Waals surface area contributed by atoms with Crippen molar-refractivity contribution < 1.29 is 13.5 Å². The summed E-state index contributed by atoms with van der Waals surface area (Å²) in [7, 11) is 0. The van der Waals surface area contributed by atoms with Gasteiger partial charge in [-0.15, -0.1) is 0 Å². The van der Waals surface area contributed by atoms with Crippen LogP contribution in [0.5, 0.6) is 6.01 Å². The number of alkyl halides is 1. The number of fused-ring (bicyclic) bond motifs is 3. The average Bonchev–Trinajstić information content (AvgIpc) is 3.36. The van der Waals surface area contributed by atoms with Crippen LogP contribution >= 0.6 is 0 Å². The van der Waals surface area contributed by atoms with Crippen molar-refractivity contribution in [3.05, 3.63) is 17.7 Å². The quantitative estimate of drug-likeness (QED) is 0.737. The van der Waals surface area contributed by atoms with Gasteiger partial charge in [-0.2, -0.15) is 9.97 Å². The number of aryl methyl sites for hydroxylation is 1. The predicted octanol–water partition coefficient (Wildman–Crippen LogP) is 3.81. The molecule has 0 amide bonds. The average molecular weight is 430 g/mol. The summed E-state index contributed by atoms with van der Waals surface area (Å²) in [6.45, 7) is 4.28. The van der Waals surface area contributed by atoms with Crippen LogP contribution in [-0.2, 0) is 0 Å². The third kappa shape index (κ3) is 3.25. The summed E-state index contributed by atoms with van der Waals surface area (Å²) in [6.07, 6.45) is 8.08. The second-order valence-corrected chi connectivity index (χ2v) is 9.87. The van der Waals surface area contributed by atoms with E-state index in [1.54, 1.807) is 13.1 Å². The Morgan fingerprint density at radius 3 is 3.03 bits per heavy atom. The molecule has 3 saturated heterocycles. The van der Waals surface area contributed by atoms with Gasteiger partial charge in [0.25, 0.3) is 0 Å². The number of rotatable bonds is 4. The normalized spacial score (nSPS) is 32.7. The zero-order chi connectivity index (χ0) is 21.2. The van der Waals surface area contributed by atoms with Crippen molar-refractivity contribution in [1.29, 1.82) is 0 Å². The number of ether oxygens (including phenoxy) is 1. The largest absolute Gasteiger partial charge is 0.461 e. The van der Waals surface area contributed by atoms with Gasteiger partial charge in [0.2, 0.25) is 0 Å². The molecule has 31 heavy (non-hydrogen) atoms. The third-order valence-electron chi connectivity index (χ3n) is 7.83. The first-order valence-electron chi connectivity index (χ1n) is 11.7. The van der Waals surface area contributed by atoms with E-state index in [1.807, 2.05) is 0 Å². The summed E-state index contributed by atoms with van der Waals surface area (Å²) in [5, 5.41) is 0.647. The molecule has 1 saturated carbocycles. The van der Waals surface area contributed by atoms with Gasteiger partial charge in [0.05, 0.1) is 16.6 Å². The first kappa shape index (κ1) is 19.6. The number of pyridine rings is 1.